The Hall–Kier alpha value is -1.10. The molecule has 1 heterocycles. The fourth-order valence-corrected chi connectivity index (χ4v) is 2.27. The SMILES string of the molecule is CCC1C(=NNC(N)=O)C(C)(CC)OC1C. The van der Waals surface area contributed by atoms with E-state index < -0.39 is 6.03 Å². The first-order valence-electron chi connectivity index (χ1n) is 5.76. The molecule has 0 aromatic carbocycles. The highest BCUT2D eigenvalue weighted by molar-refractivity contribution is 5.96. The summed E-state index contributed by atoms with van der Waals surface area (Å²) in [6.07, 6.45) is 1.90. The van der Waals surface area contributed by atoms with Crippen LogP contribution in [-0.4, -0.2) is 23.4 Å². The molecule has 3 atom stereocenters. The third-order valence-electron chi connectivity index (χ3n) is 3.31. The van der Waals surface area contributed by atoms with Crippen LogP contribution in [0.2, 0.25) is 0 Å². The number of amides is 2. The Labute approximate surface area is 96.4 Å². The average molecular weight is 227 g/mol. The van der Waals surface area contributed by atoms with Gasteiger partial charge < -0.3 is 10.5 Å². The number of carbonyl (C=O) groups is 1. The highest BCUT2D eigenvalue weighted by atomic mass is 16.5. The summed E-state index contributed by atoms with van der Waals surface area (Å²) in [6.45, 7) is 8.17. The van der Waals surface area contributed by atoms with Crippen molar-refractivity contribution in [3.8, 4) is 0 Å². The molecule has 1 rings (SSSR count). The van der Waals surface area contributed by atoms with Crippen LogP contribution in [0, 0.1) is 5.92 Å². The second-order valence-corrected chi connectivity index (χ2v) is 4.40. The van der Waals surface area contributed by atoms with E-state index in [9.17, 15) is 4.79 Å². The van der Waals surface area contributed by atoms with E-state index in [0.29, 0.717) is 0 Å². The molecule has 2 amide bonds. The molecule has 0 aromatic heterocycles. The summed E-state index contributed by atoms with van der Waals surface area (Å²) in [7, 11) is 0. The van der Waals surface area contributed by atoms with Crippen LogP contribution in [0.25, 0.3) is 0 Å². The van der Waals surface area contributed by atoms with Crippen molar-refractivity contribution in [2.75, 3.05) is 0 Å². The van der Waals surface area contributed by atoms with Gasteiger partial charge in [-0.25, -0.2) is 10.2 Å². The van der Waals surface area contributed by atoms with Gasteiger partial charge in [-0.2, -0.15) is 5.10 Å². The van der Waals surface area contributed by atoms with Crippen molar-refractivity contribution in [3.05, 3.63) is 0 Å². The Morgan fingerprint density at radius 3 is 2.69 bits per heavy atom. The highest BCUT2D eigenvalue weighted by Crippen LogP contribution is 2.36. The molecular formula is C11H21N3O2. The van der Waals surface area contributed by atoms with Crippen molar-refractivity contribution >= 4 is 11.7 Å². The number of ether oxygens (including phenoxy) is 1. The van der Waals surface area contributed by atoms with E-state index >= 15 is 0 Å². The average Bonchev–Trinajstić information content (AvgIpc) is 2.47. The molecule has 0 aliphatic carbocycles. The maximum absolute atomic E-state index is 10.7. The number of hydrogen-bond donors (Lipinski definition) is 2. The van der Waals surface area contributed by atoms with Gasteiger partial charge >= 0.3 is 6.03 Å². The third kappa shape index (κ3) is 2.35. The Morgan fingerprint density at radius 1 is 1.62 bits per heavy atom. The zero-order valence-electron chi connectivity index (χ0n) is 10.4. The van der Waals surface area contributed by atoms with E-state index in [1.807, 2.05) is 20.8 Å². The summed E-state index contributed by atoms with van der Waals surface area (Å²) in [5, 5.41) is 4.12. The predicted molar refractivity (Wildman–Crippen MR) is 63.2 cm³/mol. The lowest BCUT2D eigenvalue weighted by molar-refractivity contribution is -0.0106. The van der Waals surface area contributed by atoms with E-state index in [2.05, 4.69) is 17.5 Å². The topological polar surface area (TPSA) is 76.7 Å². The first kappa shape index (κ1) is 13.0. The molecule has 1 fully saturated rings. The number of nitrogens with zero attached hydrogens (tertiary/aromatic N) is 1. The Balaban J connectivity index is 2.97. The molecule has 0 aromatic rings. The minimum absolute atomic E-state index is 0.128. The standard InChI is InChI=1S/C11H21N3O2/c1-5-8-7(3)16-11(4,6-2)9(8)13-14-10(12)15/h7-8H,5-6H2,1-4H3,(H3,12,14,15). The van der Waals surface area contributed by atoms with Crippen molar-refractivity contribution in [1.82, 2.24) is 5.43 Å². The first-order chi connectivity index (χ1) is 7.44. The molecule has 1 saturated heterocycles. The van der Waals surface area contributed by atoms with Gasteiger partial charge in [0.05, 0.1) is 11.8 Å². The number of hydrazone groups is 1. The molecule has 3 N–H and O–H groups in total. The minimum atomic E-state index is -0.639. The van der Waals surface area contributed by atoms with Crippen molar-refractivity contribution in [3.63, 3.8) is 0 Å². The Kier molecular flexibility index (Phi) is 3.91. The Bertz CT molecular complexity index is 304. The second-order valence-electron chi connectivity index (χ2n) is 4.40. The van der Waals surface area contributed by atoms with E-state index in [0.717, 1.165) is 18.6 Å². The van der Waals surface area contributed by atoms with Crippen LogP contribution < -0.4 is 11.2 Å². The maximum Gasteiger partial charge on any atom is 0.332 e. The van der Waals surface area contributed by atoms with Crippen molar-refractivity contribution in [2.45, 2.75) is 52.2 Å². The molecule has 0 radical (unpaired) electrons. The quantitative estimate of drug-likeness (QED) is 0.719. The van der Waals surface area contributed by atoms with Crippen LogP contribution in [0.4, 0.5) is 4.79 Å². The van der Waals surface area contributed by atoms with Gasteiger partial charge in [0.2, 0.25) is 0 Å². The molecular weight excluding hydrogens is 206 g/mol. The van der Waals surface area contributed by atoms with Gasteiger partial charge in [-0.15, -0.1) is 0 Å². The molecule has 92 valence electrons. The summed E-state index contributed by atoms with van der Waals surface area (Å²) in [5.41, 5.74) is 7.84. The van der Waals surface area contributed by atoms with Gasteiger partial charge in [0, 0.05) is 5.92 Å². The molecule has 5 heteroatoms. The number of carbonyl (C=O) groups excluding carboxylic acids is 1. The second kappa shape index (κ2) is 4.82. The monoisotopic (exact) mass is 227 g/mol. The molecule has 16 heavy (non-hydrogen) atoms. The lowest BCUT2D eigenvalue weighted by Crippen LogP contribution is -2.36. The van der Waals surface area contributed by atoms with E-state index in [1.54, 1.807) is 0 Å². The molecule has 0 spiro atoms. The smallest absolute Gasteiger partial charge is 0.332 e. The summed E-state index contributed by atoms with van der Waals surface area (Å²) >= 11 is 0. The highest BCUT2D eigenvalue weighted by Gasteiger charge is 2.45. The van der Waals surface area contributed by atoms with Gasteiger partial charge in [-0.3, -0.25) is 0 Å². The number of nitrogens with two attached hydrogens (primary N) is 1. The molecule has 0 saturated carbocycles. The number of nitrogens with one attached hydrogen (secondary N) is 1. The van der Waals surface area contributed by atoms with Gasteiger partial charge in [-0.05, 0) is 26.7 Å². The van der Waals surface area contributed by atoms with Gasteiger partial charge in [0.25, 0.3) is 0 Å². The van der Waals surface area contributed by atoms with Gasteiger partial charge in [-0.1, -0.05) is 13.8 Å². The Morgan fingerprint density at radius 2 is 2.25 bits per heavy atom. The van der Waals surface area contributed by atoms with E-state index in [4.69, 9.17) is 10.5 Å². The zero-order valence-corrected chi connectivity index (χ0v) is 10.4. The lowest BCUT2D eigenvalue weighted by atomic mass is 9.87. The van der Waals surface area contributed by atoms with E-state index in [1.165, 1.54) is 0 Å². The largest absolute Gasteiger partial charge is 0.366 e. The van der Waals surface area contributed by atoms with Crippen LogP contribution >= 0.6 is 0 Å². The van der Waals surface area contributed by atoms with E-state index in [-0.39, 0.29) is 17.6 Å². The molecule has 1 aliphatic heterocycles. The van der Waals surface area contributed by atoms with Crippen LogP contribution in [0.3, 0.4) is 0 Å². The number of hydrogen-bond acceptors (Lipinski definition) is 3. The van der Waals surface area contributed by atoms with Crippen molar-refractivity contribution in [2.24, 2.45) is 16.8 Å². The van der Waals surface area contributed by atoms with Crippen LogP contribution in [0.15, 0.2) is 5.10 Å². The molecule has 3 unspecified atom stereocenters. The number of primary amides is 1. The minimum Gasteiger partial charge on any atom is -0.366 e. The summed E-state index contributed by atoms with van der Waals surface area (Å²) in [6, 6.07) is -0.639. The lowest BCUT2D eigenvalue weighted by Gasteiger charge is -2.23. The predicted octanol–water partition coefficient (Wildman–Crippen LogP) is 1.62. The molecule has 0 bridgehead atoms. The van der Waals surface area contributed by atoms with Crippen molar-refractivity contribution < 1.29 is 9.53 Å². The van der Waals surface area contributed by atoms with Gasteiger partial charge in [0.1, 0.15) is 5.60 Å². The number of urea groups is 1. The number of rotatable bonds is 3. The summed E-state index contributed by atoms with van der Waals surface area (Å²) in [5.74, 6) is 0.247. The summed E-state index contributed by atoms with van der Waals surface area (Å²) in [4.78, 5) is 10.7. The van der Waals surface area contributed by atoms with Gasteiger partial charge in [0.15, 0.2) is 0 Å². The third-order valence-corrected chi connectivity index (χ3v) is 3.31. The molecule has 5 nitrogen and oxygen atoms in total. The first-order valence-corrected chi connectivity index (χ1v) is 5.76. The summed E-state index contributed by atoms with van der Waals surface area (Å²) < 4.78 is 5.92. The van der Waals surface area contributed by atoms with Crippen LogP contribution in [-0.2, 0) is 4.74 Å². The fourth-order valence-electron chi connectivity index (χ4n) is 2.27. The van der Waals surface area contributed by atoms with Crippen molar-refractivity contribution in [1.29, 1.82) is 0 Å². The normalized spacial score (nSPS) is 36.6. The molecule has 1 aliphatic rings. The zero-order chi connectivity index (χ0) is 12.3. The fraction of sp³-hybridized carbons (Fsp3) is 0.818. The maximum atomic E-state index is 10.7. The van der Waals surface area contributed by atoms with Crippen LogP contribution in [0.1, 0.15) is 40.5 Å². The van der Waals surface area contributed by atoms with Crippen LogP contribution in [0.5, 0.6) is 0 Å².